The number of rotatable bonds is 4. The van der Waals surface area contributed by atoms with E-state index in [0.29, 0.717) is 20.9 Å². The maximum absolute atomic E-state index is 13.3. The summed E-state index contributed by atoms with van der Waals surface area (Å²) in [6.45, 7) is 0. The number of hydrogen-bond donors (Lipinski definition) is 1. The Labute approximate surface area is 136 Å². The average Bonchev–Trinajstić information content (AvgIpc) is 2.43. The van der Waals surface area contributed by atoms with Gasteiger partial charge in [0.25, 0.3) is 0 Å². The van der Waals surface area contributed by atoms with E-state index in [9.17, 15) is 4.39 Å². The Morgan fingerprint density at radius 2 is 1.95 bits per heavy atom. The summed E-state index contributed by atoms with van der Waals surface area (Å²) in [5.74, 6) is -0.274. The lowest BCUT2D eigenvalue weighted by atomic mass is 9.99. The van der Waals surface area contributed by atoms with Crippen LogP contribution in [0.15, 0.2) is 40.9 Å². The van der Waals surface area contributed by atoms with Crippen LogP contribution in [0.4, 0.5) is 4.39 Å². The molecule has 106 valence electrons. The Kier molecular flexibility index (Phi) is 5.44. The van der Waals surface area contributed by atoms with Crippen molar-refractivity contribution in [2.75, 3.05) is 7.05 Å². The summed E-state index contributed by atoms with van der Waals surface area (Å²) in [5, 5.41) is 4.54. The third kappa shape index (κ3) is 3.73. The predicted octanol–water partition coefficient (Wildman–Crippen LogP) is 5.40. The molecule has 0 amide bonds. The van der Waals surface area contributed by atoms with Gasteiger partial charge >= 0.3 is 0 Å². The predicted molar refractivity (Wildman–Crippen MR) is 86.1 cm³/mol. The third-order valence-electron chi connectivity index (χ3n) is 3.13. The molecule has 0 heterocycles. The quantitative estimate of drug-likeness (QED) is 0.753. The van der Waals surface area contributed by atoms with E-state index in [1.807, 2.05) is 13.1 Å². The third-order valence-corrected chi connectivity index (χ3v) is 4.34. The summed E-state index contributed by atoms with van der Waals surface area (Å²) in [7, 11) is 1.86. The highest BCUT2D eigenvalue weighted by atomic mass is 79.9. The van der Waals surface area contributed by atoms with E-state index in [-0.39, 0.29) is 11.9 Å². The Hall–Kier alpha value is -0.610. The molecule has 5 heteroatoms. The van der Waals surface area contributed by atoms with Gasteiger partial charge in [0.05, 0.1) is 4.47 Å². The first-order chi connectivity index (χ1) is 9.51. The van der Waals surface area contributed by atoms with Gasteiger partial charge in [0.2, 0.25) is 0 Å². The molecule has 2 rings (SSSR count). The minimum atomic E-state index is -0.274. The Morgan fingerprint density at radius 1 is 1.20 bits per heavy atom. The van der Waals surface area contributed by atoms with Crippen molar-refractivity contribution >= 4 is 39.1 Å². The van der Waals surface area contributed by atoms with E-state index in [0.717, 1.165) is 11.1 Å². The molecule has 0 aliphatic heterocycles. The number of nitrogens with one attached hydrogen (secondary N) is 1. The molecule has 0 fully saturated rings. The molecule has 20 heavy (non-hydrogen) atoms. The highest BCUT2D eigenvalue weighted by Gasteiger charge is 2.14. The van der Waals surface area contributed by atoms with Crippen LogP contribution in [-0.2, 0) is 6.42 Å². The van der Waals surface area contributed by atoms with E-state index in [4.69, 9.17) is 23.2 Å². The molecule has 1 atom stereocenters. The molecule has 1 unspecified atom stereocenters. The van der Waals surface area contributed by atoms with Crippen molar-refractivity contribution in [1.29, 1.82) is 0 Å². The van der Waals surface area contributed by atoms with Crippen LogP contribution in [0.5, 0.6) is 0 Å². The second-order valence-electron chi connectivity index (χ2n) is 4.45. The molecule has 1 nitrogen and oxygen atoms in total. The zero-order valence-electron chi connectivity index (χ0n) is 10.8. The summed E-state index contributed by atoms with van der Waals surface area (Å²) in [4.78, 5) is 0. The van der Waals surface area contributed by atoms with Crippen LogP contribution in [0.3, 0.4) is 0 Å². The van der Waals surface area contributed by atoms with E-state index in [2.05, 4.69) is 21.2 Å². The van der Waals surface area contributed by atoms with Gasteiger partial charge in [-0.25, -0.2) is 4.39 Å². The van der Waals surface area contributed by atoms with E-state index in [1.165, 1.54) is 6.07 Å². The van der Waals surface area contributed by atoms with Crippen molar-refractivity contribution in [3.63, 3.8) is 0 Å². The Balaban J connectivity index is 2.28. The van der Waals surface area contributed by atoms with Crippen LogP contribution in [0.2, 0.25) is 10.0 Å². The zero-order valence-corrected chi connectivity index (χ0v) is 13.9. The summed E-state index contributed by atoms with van der Waals surface area (Å²) >= 11 is 15.4. The first-order valence-electron chi connectivity index (χ1n) is 6.07. The smallest absolute Gasteiger partial charge is 0.137 e. The van der Waals surface area contributed by atoms with Gasteiger partial charge in [0.1, 0.15) is 5.82 Å². The van der Waals surface area contributed by atoms with Gasteiger partial charge in [-0.15, -0.1) is 0 Å². The van der Waals surface area contributed by atoms with E-state index >= 15 is 0 Å². The average molecular weight is 377 g/mol. The van der Waals surface area contributed by atoms with Crippen molar-refractivity contribution in [3.05, 3.63) is 67.9 Å². The minimum Gasteiger partial charge on any atom is -0.313 e. The molecule has 0 radical (unpaired) electrons. The zero-order chi connectivity index (χ0) is 14.7. The van der Waals surface area contributed by atoms with Crippen molar-refractivity contribution in [2.45, 2.75) is 12.5 Å². The van der Waals surface area contributed by atoms with Crippen LogP contribution in [0.1, 0.15) is 17.2 Å². The topological polar surface area (TPSA) is 12.0 Å². The molecule has 0 spiro atoms. The SMILES string of the molecule is CNC(Cc1cc(Cl)ccc1Cl)c1ccc(F)c(Br)c1. The van der Waals surface area contributed by atoms with Gasteiger partial charge in [0, 0.05) is 16.1 Å². The van der Waals surface area contributed by atoms with E-state index < -0.39 is 0 Å². The van der Waals surface area contributed by atoms with Gasteiger partial charge in [-0.2, -0.15) is 0 Å². The monoisotopic (exact) mass is 375 g/mol. The van der Waals surface area contributed by atoms with Gasteiger partial charge < -0.3 is 5.32 Å². The summed E-state index contributed by atoms with van der Waals surface area (Å²) in [6, 6.07) is 10.4. The lowest BCUT2D eigenvalue weighted by Gasteiger charge is -2.18. The summed E-state index contributed by atoms with van der Waals surface area (Å²) in [6.07, 6.45) is 0.675. The van der Waals surface area contributed by atoms with Crippen LogP contribution < -0.4 is 5.32 Å². The molecule has 0 aliphatic carbocycles. The van der Waals surface area contributed by atoms with Crippen LogP contribution in [0.25, 0.3) is 0 Å². The molecule has 1 N–H and O–H groups in total. The van der Waals surface area contributed by atoms with Crippen LogP contribution in [-0.4, -0.2) is 7.05 Å². The summed E-state index contributed by atoms with van der Waals surface area (Å²) in [5.41, 5.74) is 1.94. The van der Waals surface area contributed by atoms with Gasteiger partial charge in [-0.3, -0.25) is 0 Å². The number of likely N-dealkylation sites (N-methyl/N-ethyl adjacent to an activating group) is 1. The highest BCUT2D eigenvalue weighted by molar-refractivity contribution is 9.10. The maximum atomic E-state index is 13.3. The van der Waals surface area contributed by atoms with Gasteiger partial charge in [0.15, 0.2) is 0 Å². The molecule has 0 saturated carbocycles. The fourth-order valence-corrected chi connectivity index (χ4v) is 2.82. The first-order valence-corrected chi connectivity index (χ1v) is 7.62. The summed E-state index contributed by atoms with van der Waals surface area (Å²) < 4.78 is 13.8. The number of hydrogen-bond acceptors (Lipinski definition) is 1. The molecular weight excluding hydrogens is 364 g/mol. The van der Waals surface area contributed by atoms with E-state index in [1.54, 1.807) is 24.3 Å². The highest BCUT2D eigenvalue weighted by Crippen LogP contribution is 2.28. The second-order valence-corrected chi connectivity index (χ2v) is 6.15. The Bertz CT molecular complexity index is 619. The van der Waals surface area contributed by atoms with Crippen LogP contribution in [0, 0.1) is 5.82 Å². The second kappa shape index (κ2) is 6.90. The molecule has 0 aromatic heterocycles. The molecule has 0 saturated heterocycles. The molecule has 0 aliphatic rings. The maximum Gasteiger partial charge on any atom is 0.137 e. The lowest BCUT2D eigenvalue weighted by Crippen LogP contribution is -2.19. The minimum absolute atomic E-state index is 0.0304. The van der Waals surface area contributed by atoms with Crippen molar-refractivity contribution in [3.8, 4) is 0 Å². The van der Waals surface area contributed by atoms with Crippen molar-refractivity contribution in [1.82, 2.24) is 5.32 Å². The van der Waals surface area contributed by atoms with Crippen molar-refractivity contribution < 1.29 is 4.39 Å². The number of halogens is 4. The van der Waals surface area contributed by atoms with Gasteiger partial charge in [-0.05, 0) is 70.9 Å². The lowest BCUT2D eigenvalue weighted by molar-refractivity contribution is 0.584. The molecule has 2 aromatic carbocycles. The fraction of sp³-hybridized carbons (Fsp3) is 0.200. The fourth-order valence-electron chi connectivity index (χ4n) is 2.04. The standard InChI is InChI=1S/C15H13BrCl2FN/c1-20-15(9-2-5-14(19)12(16)7-9)8-10-6-11(17)3-4-13(10)18/h2-7,15,20H,8H2,1H3. The normalized spacial score (nSPS) is 12.4. The van der Waals surface area contributed by atoms with Crippen molar-refractivity contribution in [2.24, 2.45) is 0 Å². The van der Waals surface area contributed by atoms with Crippen LogP contribution >= 0.6 is 39.1 Å². The molecular formula is C15H13BrCl2FN. The number of benzene rings is 2. The molecule has 0 bridgehead atoms. The largest absolute Gasteiger partial charge is 0.313 e. The Morgan fingerprint density at radius 3 is 2.60 bits per heavy atom. The molecule has 2 aromatic rings. The van der Waals surface area contributed by atoms with Gasteiger partial charge in [-0.1, -0.05) is 29.3 Å². The first kappa shape index (κ1) is 15.8.